The lowest BCUT2D eigenvalue weighted by molar-refractivity contribution is -0.136. The van der Waals surface area contributed by atoms with Gasteiger partial charge in [-0.3, -0.25) is 14.5 Å². The maximum Gasteiger partial charge on any atom is 0.242 e. The summed E-state index contributed by atoms with van der Waals surface area (Å²) in [4.78, 5) is 29.3. The van der Waals surface area contributed by atoms with Crippen molar-refractivity contribution >= 4 is 11.8 Å². The Morgan fingerprint density at radius 2 is 2.00 bits per heavy atom. The van der Waals surface area contributed by atoms with Gasteiger partial charge in [0.05, 0.1) is 12.6 Å². The van der Waals surface area contributed by atoms with Crippen molar-refractivity contribution < 1.29 is 9.59 Å². The summed E-state index contributed by atoms with van der Waals surface area (Å²) in [6, 6.07) is 10.1. The monoisotopic (exact) mass is 388 g/mol. The third-order valence-electron chi connectivity index (χ3n) is 5.39. The van der Waals surface area contributed by atoms with Gasteiger partial charge in [-0.1, -0.05) is 51.1 Å². The van der Waals surface area contributed by atoms with Gasteiger partial charge in [0, 0.05) is 25.7 Å². The zero-order valence-corrected chi connectivity index (χ0v) is 17.6. The van der Waals surface area contributed by atoms with E-state index < -0.39 is 6.04 Å². The van der Waals surface area contributed by atoms with E-state index in [0.29, 0.717) is 0 Å². The van der Waals surface area contributed by atoms with Crippen LogP contribution in [-0.2, 0) is 16.1 Å². The number of rotatable bonds is 9. The van der Waals surface area contributed by atoms with Crippen molar-refractivity contribution in [3.05, 3.63) is 35.9 Å². The zero-order valence-electron chi connectivity index (χ0n) is 17.6. The predicted molar refractivity (Wildman–Crippen MR) is 113 cm³/mol. The minimum absolute atomic E-state index is 0.0160. The second kappa shape index (κ2) is 11.2. The molecule has 0 bridgehead atoms. The van der Waals surface area contributed by atoms with Gasteiger partial charge in [0.25, 0.3) is 0 Å². The standard InChI is InChI=1S/C22H36N4O2/c1-4-12-26(20(27)14-24-22(28)21(23)17(2)3)19-11-8-13-25(16-19)15-18-9-6-5-7-10-18/h5-7,9-10,17,19,21H,4,8,11-16,23H2,1-3H3,(H,24,28)/t19?,21-/m0/s1. The number of carbonyl (C=O) groups excluding carboxylic acids is 2. The molecule has 0 aliphatic carbocycles. The molecule has 1 fully saturated rings. The number of nitrogens with zero attached hydrogens (tertiary/aromatic N) is 2. The third-order valence-corrected chi connectivity index (χ3v) is 5.39. The van der Waals surface area contributed by atoms with Crippen LogP contribution in [0.25, 0.3) is 0 Å². The van der Waals surface area contributed by atoms with E-state index in [0.717, 1.165) is 45.4 Å². The number of nitrogens with one attached hydrogen (secondary N) is 1. The van der Waals surface area contributed by atoms with Crippen LogP contribution < -0.4 is 11.1 Å². The highest BCUT2D eigenvalue weighted by Crippen LogP contribution is 2.18. The molecule has 1 unspecified atom stereocenters. The minimum Gasteiger partial charge on any atom is -0.346 e. The Bertz CT molecular complexity index is 620. The predicted octanol–water partition coefficient (Wildman–Crippen LogP) is 1.99. The van der Waals surface area contributed by atoms with E-state index in [1.807, 2.05) is 24.8 Å². The first-order chi connectivity index (χ1) is 13.4. The molecule has 28 heavy (non-hydrogen) atoms. The Labute approximate surface area is 169 Å². The van der Waals surface area contributed by atoms with Crippen LogP contribution in [0.1, 0.15) is 45.6 Å². The SMILES string of the molecule is CCCN(C(=O)CNC(=O)[C@@H](N)C(C)C)C1CCCN(Cc2ccccc2)C1. The normalized spacial score (nSPS) is 18.7. The highest BCUT2D eigenvalue weighted by atomic mass is 16.2. The zero-order chi connectivity index (χ0) is 20.5. The van der Waals surface area contributed by atoms with Crippen LogP contribution >= 0.6 is 0 Å². The molecule has 1 heterocycles. The minimum atomic E-state index is -0.580. The second-order valence-corrected chi connectivity index (χ2v) is 8.09. The molecule has 2 amide bonds. The summed E-state index contributed by atoms with van der Waals surface area (Å²) >= 11 is 0. The van der Waals surface area contributed by atoms with Crippen molar-refractivity contribution in [3.8, 4) is 0 Å². The van der Waals surface area contributed by atoms with E-state index in [1.165, 1.54) is 5.56 Å². The van der Waals surface area contributed by atoms with Crippen LogP contribution in [0.3, 0.4) is 0 Å². The molecule has 3 N–H and O–H groups in total. The Kier molecular flexibility index (Phi) is 8.93. The summed E-state index contributed by atoms with van der Waals surface area (Å²) in [5, 5.41) is 2.72. The molecule has 2 atom stereocenters. The van der Waals surface area contributed by atoms with Crippen LogP contribution in [-0.4, -0.2) is 59.9 Å². The van der Waals surface area contributed by atoms with Crippen molar-refractivity contribution in [1.82, 2.24) is 15.1 Å². The van der Waals surface area contributed by atoms with Gasteiger partial charge in [0.2, 0.25) is 11.8 Å². The largest absolute Gasteiger partial charge is 0.346 e. The van der Waals surface area contributed by atoms with Crippen LogP contribution in [0, 0.1) is 5.92 Å². The molecule has 6 heteroatoms. The van der Waals surface area contributed by atoms with Gasteiger partial charge in [-0.2, -0.15) is 0 Å². The van der Waals surface area contributed by atoms with Gasteiger partial charge in [-0.15, -0.1) is 0 Å². The van der Waals surface area contributed by atoms with E-state index in [2.05, 4.69) is 41.4 Å². The molecule has 0 spiro atoms. The number of hydrogen-bond donors (Lipinski definition) is 2. The lowest BCUT2D eigenvalue weighted by atomic mass is 10.0. The molecule has 0 radical (unpaired) electrons. The summed E-state index contributed by atoms with van der Waals surface area (Å²) in [6.45, 7) is 9.46. The molecule has 1 aliphatic rings. The van der Waals surface area contributed by atoms with E-state index >= 15 is 0 Å². The summed E-state index contributed by atoms with van der Waals surface area (Å²) in [5.41, 5.74) is 7.17. The first-order valence-corrected chi connectivity index (χ1v) is 10.5. The fraction of sp³-hybridized carbons (Fsp3) is 0.636. The van der Waals surface area contributed by atoms with Gasteiger partial charge in [0.1, 0.15) is 0 Å². The van der Waals surface area contributed by atoms with E-state index in [4.69, 9.17) is 5.73 Å². The molecule has 1 aromatic carbocycles. The number of nitrogens with two attached hydrogens (primary N) is 1. The summed E-state index contributed by atoms with van der Waals surface area (Å²) in [7, 11) is 0. The molecule has 1 saturated heterocycles. The Balaban J connectivity index is 1.93. The van der Waals surface area contributed by atoms with Crippen molar-refractivity contribution in [3.63, 3.8) is 0 Å². The first kappa shape index (κ1) is 22.4. The molecular weight excluding hydrogens is 352 g/mol. The fourth-order valence-electron chi connectivity index (χ4n) is 3.71. The lowest BCUT2D eigenvalue weighted by Gasteiger charge is -2.39. The molecule has 0 aromatic heterocycles. The van der Waals surface area contributed by atoms with Gasteiger partial charge in [0.15, 0.2) is 0 Å². The first-order valence-electron chi connectivity index (χ1n) is 10.5. The molecule has 0 saturated carbocycles. The lowest BCUT2D eigenvalue weighted by Crippen LogP contribution is -2.53. The summed E-state index contributed by atoms with van der Waals surface area (Å²) < 4.78 is 0. The molecule has 156 valence electrons. The second-order valence-electron chi connectivity index (χ2n) is 8.09. The maximum atomic E-state index is 12.8. The smallest absolute Gasteiger partial charge is 0.242 e. The molecular formula is C22H36N4O2. The van der Waals surface area contributed by atoms with E-state index in [9.17, 15) is 9.59 Å². The van der Waals surface area contributed by atoms with Gasteiger partial charge >= 0.3 is 0 Å². The van der Waals surface area contributed by atoms with Gasteiger partial charge < -0.3 is 16.0 Å². The highest BCUT2D eigenvalue weighted by Gasteiger charge is 2.28. The van der Waals surface area contributed by atoms with Crippen molar-refractivity contribution in [2.24, 2.45) is 11.7 Å². The van der Waals surface area contributed by atoms with Gasteiger partial charge in [-0.05, 0) is 37.3 Å². The Morgan fingerprint density at radius 3 is 2.64 bits per heavy atom. The molecule has 6 nitrogen and oxygen atoms in total. The van der Waals surface area contributed by atoms with Crippen LogP contribution in [0.15, 0.2) is 30.3 Å². The highest BCUT2D eigenvalue weighted by molar-refractivity contribution is 5.87. The maximum absolute atomic E-state index is 12.8. The number of amides is 2. The molecule has 1 aromatic rings. The third kappa shape index (κ3) is 6.60. The number of benzene rings is 1. The topological polar surface area (TPSA) is 78.7 Å². The van der Waals surface area contributed by atoms with Crippen molar-refractivity contribution in [2.75, 3.05) is 26.2 Å². The van der Waals surface area contributed by atoms with Crippen molar-refractivity contribution in [2.45, 2.75) is 58.7 Å². The van der Waals surface area contributed by atoms with E-state index in [-0.39, 0.29) is 30.3 Å². The Hall–Kier alpha value is -1.92. The van der Waals surface area contributed by atoms with Gasteiger partial charge in [-0.25, -0.2) is 0 Å². The summed E-state index contributed by atoms with van der Waals surface area (Å²) in [6.07, 6.45) is 2.99. The van der Waals surface area contributed by atoms with Crippen LogP contribution in [0.5, 0.6) is 0 Å². The molecule has 1 aliphatic heterocycles. The average Bonchev–Trinajstić information content (AvgIpc) is 2.70. The fourth-order valence-corrected chi connectivity index (χ4v) is 3.71. The number of likely N-dealkylation sites (tertiary alicyclic amines) is 1. The average molecular weight is 389 g/mol. The van der Waals surface area contributed by atoms with E-state index in [1.54, 1.807) is 0 Å². The van der Waals surface area contributed by atoms with Crippen LogP contribution in [0.4, 0.5) is 0 Å². The number of carbonyl (C=O) groups is 2. The van der Waals surface area contributed by atoms with Crippen molar-refractivity contribution in [1.29, 1.82) is 0 Å². The molecule has 2 rings (SSSR count). The van der Waals surface area contributed by atoms with Crippen LogP contribution in [0.2, 0.25) is 0 Å². The Morgan fingerprint density at radius 1 is 1.29 bits per heavy atom. The number of piperidine rings is 1. The quantitative estimate of drug-likeness (QED) is 0.678. The number of hydrogen-bond acceptors (Lipinski definition) is 4. The summed E-state index contributed by atoms with van der Waals surface area (Å²) in [5.74, 6) is -0.224.